The van der Waals surface area contributed by atoms with Gasteiger partial charge in [-0.2, -0.15) is 0 Å². The predicted molar refractivity (Wildman–Crippen MR) is 84.2 cm³/mol. The van der Waals surface area contributed by atoms with Crippen LogP contribution in [0.1, 0.15) is 20.1 Å². The van der Waals surface area contributed by atoms with Gasteiger partial charge in [-0.15, -0.1) is 11.3 Å². The standard InChI is InChI=1S/C15H13BrO4S/c1-19-12-5-3-9(7-11(12)16)15(18)13-6-4-10(21-13)8-14(17)20-2/h3-7H,8H2,1-2H3. The van der Waals surface area contributed by atoms with Gasteiger partial charge in [0.1, 0.15) is 5.75 Å². The summed E-state index contributed by atoms with van der Waals surface area (Å²) in [4.78, 5) is 25.0. The number of carbonyl (C=O) groups is 2. The first-order chi connectivity index (χ1) is 10.0. The molecule has 1 aromatic carbocycles. The first-order valence-corrected chi connectivity index (χ1v) is 7.70. The summed E-state index contributed by atoms with van der Waals surface area (Å²) >= 11 is 4.66. The number of methoxy groups -OCH3 is 2. The number of esters is 1. The van der Waals surface area contributed by atoms with Crippen LogP contribution in [0.25, 0.3) is 0 Å². The molecule has 0 saturated carbocycles. The highest BCUT2D eigenvalue weighted by molar-refractivity contribution is 9.10. The van der Waals surface area contributed by atoms with Gasteiger partial charge in [0.15, 0.2) is 0 Å². The summed E-state index contributed by atoms with van der Waals surface area (Å²) < 4.78 is 10.5. The molecule has 0 aliphatic carbocycles. The number of carbonyl (C=O) groups excluding carboxylic acids is 2. The highest BCUT2D eigenvalue weighted by atomic mass is 79.9. The molecule has 1 aromatic heterocycles. The number of benzene rings is 1. The third-order valence-corrected chi connectivity index (χ3v) is 4.55. The summed E-state index contributed by atoms with van der Waals surface area (Å²) in [6, 6.07) is 8.67. The highest BCUT2D eigenvalue weighted by Crippen LogP contribution is 2.28. The van der Waals surface area contributed by atoms with Gasteiger partial charge in [-0.1, -0.05) is 0 Å². The lowest BCUT2D eigenvalue weighted by Crippen LogP contribution is -2.02. The maximum absolute atomic E-state index is 12.4. The van der Waals surface area contributed by atoms with Crippen LogP contribution in [0.2, 0.25) is 0 Å². The first-order valence-electron chi connectivity index (χ1n) is 6.09. The summed E-state index contributed by atoms with van der Waals surface area (Å²) in [6.45, 7) is 0. The minimum Gasteiger partial charge on any atom is -0.496 e. The van der Waals surface area contributed by atoms with Crippen LogP contribution in [0, 0.1) is 0 Å². The van der Waals surface area contributed by atoms with Gasteiger partial charge in [0, 0.05) is 10.4 Å². The Morgan fingerprint density at radius 1 is 1.19 bits per heavy atom. The van der Waals surface area contributed by atoms with Gasteiger partial charge in [-0.3, -0.25) is 9.59 Å². The Bertz CT molecular complexity index is 678. The van der Waals surface area contributed by atoms with Crippen LogP contribution >= 0.6 is 27.3 Å². The van der Waals surface area contributed by atoms with Crippen LogP contribution in [0.5, 0.6) is 5.75 Å². The van der Waals surface area contributed by atoms with E-state index in [2.05, 4.69) is 20.7 Å². The zero-order valence-electron chi connectivity index (χ0n) is 11.5. The van der Waals surface area contributed by atoms with E-state index in [1.165, 1.54) is 18.4 Å². The normalized spacial score (nSPS) is 10.2. The summed E-state index contributed by atoms with van der Waals surface area (Å²) in [5.74, 6) is 0.270. The average molecular weight is 369 g/mol. The van der Waals surface area contributed by atoms with Gasteiger partial charge in [0.25, 0.3) is 0 Å². The van der Waals surface area contributed by atoms with Crippen LogP contribution in [-0.4, -0.2) is 26.0 Å². The first kappa shape index (κ1) is 15.7. The second-order valence-electron chi connectivity index (χ2n) is 4.20. The fourth-order valence-electron chi connectivity index (χ4n) is 1.76. The van der Waals surface area contributed by atoms with E-state index in [4.69, 9.17) is 4.74 Å². The molecule has 0 aliphatic rings. The topological polar surface area (TPSA) is 52.6 Å². The van der Waals surface area contributed by atoms with E-state index in [9.17, 15) is 9.59 Å². The Kier molecular flexibility index (Phi) is 5.14. The van der Waals surface area contributed by atoms with Gasteiger partial charge in [0.05, 0.1) is 30.0 Å². The lowest BCUT2D eigenvalue weighted by Gasteiger charge is -2.04. The molecule has 0 radical (unpaired) electrons. The molecule has 0 amide bonds. The molecule has 1 heterocycles. The van der Waals surface area contributed by atoms with E-state index >= 15 is 0 Å². The molecular formula is C15H13BrO4S. The van der Waals surface area contributed by atoms with Crippen molar-refractivity contribution >= 4 is 39.0 Å². The van der Waals surface area contributed by atoms with Crippen LogP contribution < -0.4 is 4.74 Å². The molecule has 0 fully saturated rings. The van der Waals surface area contributed by atoms with Crippen molar-refractivity contribution in [2.24, 2.45) is 0 Å². The Morgan fingerprint density at radius 3 is 2.57 bits per heavy atom. The fraction of sp³-hybridized carbons (Fsp3) is 0.200. The molecule has 2 rings (SSSR count). The average Bonchev–Trinajstić information content (AvgIpc) is 2.94. The zero-order chi connectivity index (χ0) is 15.4. The van der Waals surface area contributed by atoms with Gasteiger partial charge in [-0.25, -0.2) is 0 Å². The monoisotopic (exact) mass is 368 g/mol. The van der Waals surface area contributed by atoms with Gasteiger partial charge < -0.3 is 9.47 Å². The third-order valence-electron chi connectivity index (χ3n) is 2.85. The molecule has 4 nitrogen and oxygen atoms in total. The van der Waals surface area contributed by atoms with Crippen molar-refractivity contribution < 1.29 is 19.1 Å². The lowest BCUT2D eigenvalue weighted by molar-refractivity contribution is -0.139. The quantitative estimate of drug-likeness (QED) is 0.598. The molecule has 0 unspecified atom stereocenters. The molecule has 2 aromatic rings. The largest absolute Gasteiger partial charge is 0.496 e. The number of thiophene rings is 1. The molecule has 0 atom stereocenters. The van der Waals surface area contributed by atoms with Crippen molar-refractivity contribution in [3.05, 3.63) is 50.1 Å². The summed E-state index contributed by atoms with van der Waals surface area (Å²) in [7, 11) is 2.91. The Morgan fingerprint density at radius 2 is 1.95 bits per heavy atom. The predicted octanol–water partition coefficient (Wildman–Crippen LogP) is 3.47. The Balaban J connectivity index is 2.20. The van der Waals surface area contributed by atoms with Gasteiger partial charge >= 0.3 is 5.97 Å². The maximum Gasteiger partial charge on any atom is 0.310 e. The number of rotatable bonds is 5. The minimum atomic E-state index is -0.317. The number of hydrogen-bond acceptors (Lipinski definition) is 5. The Labute approximate surface area is 134 Å². The van der Waals surface area contributed by atoms with E-state index in [-0.39, 0.29) is 18.2 Å². The van der Waals surface area contributed by atoms with Crippen molar-refractivity contribution in [3.63, 3.8) is 0 Å². The molecule has 0 bridgehead atoms. The second kappa shape index (κ2) is 6.87. The van der Waals surface area contributed by atoms with Crippen LogP contribution in [0.15, 0.2) is 34.8 Å². The lowest BCUT2D eigenvalue weighted by atomic mass is 10.1. The molecule has 0 saturated heterocycles. The van der Waals surface area contributed by atoms with E-state index < -0.39 is 0 Å². The van der Waals surface area contributed by atoms with Crippen LogP contribution in [0.4, 0.5) is 0 Å². The van der Waals surface area contributed by atoms with Crippen molar-refractivity contribution in [2.45, 2.75) is 6.42 Å². The number of ether oxygens (including phenoxy) is 2. The van der Waals surface area contributed by atoms with Crippen LogP contribution in [-0.2, 0) is 16.0 Å². The Hall–Kier alpha value is -1.66. The highest BCUT2D eigenvalue weighted by Gasteiger charge is 2.15. The number of ketones is 1. The zero-order valence-corrected chi connectivity index (χ0v) is 13.9. The smallest absolute Gasteiger partial charge is 0.310 e. The molecule has 110 valence electrons. The SMILES string of the molecule is COC(=O)Cc1ccc(C(=O)c2ccc(OC)c(Br)c2)s1. The van der Waals surface area contributed by atoms with Crippen molar-refractivity contribution in [1.82, 2.24) is 0 Å². The maximum atomic E-state index is 12.4. The molecule has 0 aliphatic heterocycles. The van der Waals surface area contributed by atoms with Crippen molar-refractivity contribution in [2.75, 3.05) is 14.2 Å². The molecule has 21 heavy (non-hydrogen) atoms. The minimum absolute atomic E-state index is 0.0838. The summed E-state index contributed by atoms with van der Waals surface area (Å²) in [5.41, 5.74) is 0.564. The third kappa shape index (κ3) is 3.71. The fourth-order valence-corrected chi connectivity index (χ4v) is 3.26. The molecule has 0 spiro atoms. The van der Waals surface area contributed by atoms with E-state index in [0.717, 1.165) is 9.35 Å². The van der Waals surface area contributed by atoms with Gasteiger partial charge in [-0.05, 0) is 46.3 Å². The molecule has 6 heteroatoms. The van der Waals surface area contributed by atoms with Gasteiger partial charge in [0.2, 0.25) is 5.78 Å². The second-order valence-corrected chi connectivity index (χ2v) is 6.22. The molecular weight excluding hydrogens is 356 g/mol. The van der Waals surface area contributed by atoms with E-state index in [0.29, 0.717) is 16.2 Å². The molecule has 0 N–H and O–H groups in total. The van der Waals surface area contributed by atoms with E-state index in [1.54, 1.807) is 37.4 Å². The number of halogens is 1. The van der Waals surface area contributed by atoms with Crippen molar-refractivity contribution in [3.8, 4) is 5.75 Å². The summed E-state index contributed by atoms with van der Waals surface area (Å²) in [5, 5.41) is 0. The number of hydrogen-bond donors (Lipinski definition) is 0. The van der Waals surface area contributed by atoms with E-state index in [1.807, 2.05) is 0 Å². The van der Waals surface area contributed by atoms with Crippen LogP contribution in [0.3, 0.4) is 0 Å². The summed E-state index contributed by atoms with van der Waals surface area (Å²) in [6.07, 6.45) is 0.181. The van der Waals surface area contributed by atoms with Crippen molar-refractivity contribution in [1.29, 1.82) is 0 Å².